The van der Waals surface area contributed by atoms with E-state index in [1.54, 1.807) is 4.90 Å². The predicted octanol–water partition coefficient (Wildman–Crippen LogP) is 0.785. The molecule has 1 N–H and O–H groups in total. The molecule has 2 unspecified atom stereocenters. The van der Waals surface area contributed by atoms with Crippen molar-refractivity contribution in [1.82, 2.24) is 15.1 Å². The maximum absolute atomic E-state index is 11.4. The van der Waals surface area contributed by atoms with Crippen LogP contribution in [0.25, 0.3) is 0 Å². The van der Waals surface area contributed by atoms with E-state index < -0.39 is 0 Å². The largest absolute Gasteiger partial charge is 0.349 e. The lowest BCUT2D eigenvalue weighted by atomic mass is 9.94. The highest BCUT2D eigenvalue weighted by Gasteiger charge is 2.23. The molecule has 1 rings (SSSR count). The van der Waals surface area contributed by atoms with Gasteiger partial charge in [0.1, 0.15) is 0 Å². The Bertz CT molecular complexity index is 243. The fourth-order valence-electron chi connectivity index (χ4n) is 2.41. The monoisotopic (exact) mass is 241 g/mol. The fourth-order valence-corrected chi connectivity index (χ4v) is 2.41. The van der Waals surface area contributed by atoms with Crippen LogP contribution < -0.4 is 5.32 Å². The Morgan fingerprint density at radius 3 is 2.76 bits per heavy atom. The van der Waals surface area contributed by atoms with Crippen LogP contribution in [0.5, 0.6) is 0 Å². The van der Waals surface area contributed by atoms with E-state index in [0.29, 0.717) is 18.4 Å². The normalized spacial score (nSPS) is 25.9. The molecule has 4 heteroatoms. The fraction of sp³-hybridized carbons (Fsp3) is 0.923. The number of rotatable bonds is 5. The summed E-state index contributed by atoms with van der Waals surface area (Å²) in [5, 5.41) is 3.59. The molecule has 0 aliphatic carbocycles. The SMILES string of the molecule is CC1CN(C)CCC1NCCCC(=O)N(C)C. The van der Waals surface area contributed by atoms with Crippen molar-refractivity contribution in [1.29, 1.82) is 0 Å². The molecule has 0 bridgehead atoms. The van der Waals surface area contributed by atoms with Crippen molar-refractivity contribution in [3.8, 4) is 0 Å². The molecular weight excluding hydrogens is 214 g/mol. The molecule has 2 atom stereocenters. The maximum atomic E-state index is 11.4. The summed E-state index contributed by atoms with van der Waals surface area (Å²) >= 11 is 0. The van der Waals surface area contributed by atoms with Crippen molar-refractivity contribution in [3.05, 3.63) is 0 Å². The van der Waals surface area contributed by atoms with Crippen molar-refractivity contribution in [2.45, 2.75) is 32.2 Å². The number of carbonyl (C=O) groups is 1. The van der Waals surface area contributed by atoms with E-state index in [-0.39, 0.29) is 5.91 Å². The Hall–Kier alpha value is -0.610. The van der Waals surface area contributed by atoms with Crippen LogP contribution in [0.3, 0.4) is 0 Å². The van der Waals surface area contributed by atoms with E-state index in [1.165, 1.54) is 19.5 Å². The number of nitrogens with one attached hydrogen (secondary N) is 1. The van der Waals surface area contributed by atoms with Crippen molar-refractivity contribution in [2.75, 3.05) is 40.8 Å². The van der Waals surface area contributed by atoms with Gasteiger partial charge in [-0.05, 0) is 38.9 Å². The number of carbonyl (C=O) groups excluding carboxylic acids is 1. The number of piperidine rings is 1. The van der Waals surface area contributed by atoms with Crippen LogP contribution in [0, 0.1) is 5.92 Å². The quantitative estimate of drug-likeness (QED) is 0.723. The lowest BCUT2D eigenvalue weighted by Gasteiger charge is -2.35. The summed E-state index contributed by atoms with van der Waals surface area (Å²) in [7, 11) is 5.81. The van der Waals surface area contributed by atoms with E-state index in [4.69, 9.17) is 0 Å². The van der Waals surface area contributed by atoms with Gasteiger partial charge in [0.05, 0.1) is 0 Å². The number of nitrogens with zero attached hydrogens (tertiary/aromatic N) is 2. The van der Waals surface area contributed by atoms with Crippen LogP contribution in [0.2, 0.25) is 0 Å². The van der Waals surface area contributed by atoms with Crippen LogP contribution in [0.1, 0.15) is 26.2 Å². The van der Waals surface area contributed by atoms with E-state index in [1.807, 2.05) is 14.1 Å². The summed E-state index contributed by atoms with van der Waals surface area (Å²) in [5.74, 6) is 0.932. The van der Waals surface area contributed by atoms with E-state index in [2.05, 4.69) is 24.2 Å². The second kappa shape index (κ2) is 6.97. The van der Waals surface area contributed by atoms with Gasteiger partial charge < -0.3 is 15.1 Å². The van der Waals surface area contributed by atoms with Crippen LogP contribution in [-0.4, -0.2) is 62.5 Å². The standard InChI is InChI=1S/C13H27N3O/c1-11-10-16(4)9-7-12(11)14-8-5-6-13(17)15(2)3/h11-12,14H,5-10H2,1-4H3. The summed E-state index contributed by atoms with van der Waals surface area (Å²) in [6.07, 6.45) is 2.82. The zero-order chi connectivity index (χ0) is 12.8. The molecule has 1 saturated heterocycles. The third kappa shape index (κ3) is 5.04. The average molecular weight is 241 g/mol. The van der Waals surface area contributed by atoms with Gasteiger partial charge in [0.2, 0.25) is 5.91 Å². The minimum absolute atomic E-state index is 0.225. The van der Waals surface area contributed by atoms with Crippen LogP contribution in [0.15, 0.2) is 0 Å². The first kappa shape index (κ1) is 14.5. The van der Waals surface area contributed by atoms with Crippen LogP contribution in [-0.2, 0) is 4.79 Å². The zero-order valence-electron chi connectivity index (χ0n) is 11.7. The molecule has 1 aliphatic rings. The lowest BCUT2D eigenvalue weighted by molar-refractivity contribution is -0.128. The van der Waals surface area contributed by atoms with Gasteiger partial charge >= 0.3 is 0 Å². The van der Waals surface area contributed by atoms with Gasteiger partial charge in [-0.25, -0.2) is 0 Å². The topological polar surface area (TPSA) is 35.6 Å². The molecule has 0 radical (unpaired) electrons. The molecule has 0 spiro atoms. The highest BCUT2D eigenvalue weighted by Crippen LogP contribution is 2.15. The van der Waals surface area contributed by atoms with Gasteiger partial charge in [-0.1, -0.05) is 6.92 Å². The van der Waals surface area contributed by atoms with Gasteiger partial charge in [-0.3, -0.25) is 4.79 Å². The van der Waals surface area contributed by atoms with Crippen molar-refractivity contribution in [3.63, 3.8) is 0 Å². The molecule has 0 aromatic rings. The summed E-state index contributed by atoms with van der Waals surface area (Å²) in [6, 6.07) is 0.626. The second-order valence-corrected chi connectivity index (χ2v) is 5.48. The summed E-state index contributed by atoms with van der Waals surface area (Å²) in [6.45, 7) is 5.61. The maximum Gasteiger partial charge on any atom is 0.222 e. The summed E-state index contributed by atoms with van der Waals surface area (Å²) in [4.78, 5) is 15.4. The average Bonchev–Trinajstić information content (AvgIpc) is 2.26. The Kier molecular flexibility index (Phi) is 5.92. The molecule has 1 fully saturated rings. The predicted molar refractivity (Wildman–Crippen MR) is 71.0 cm³/mol. The van der Waals surface area contributed by atoms with E-state index in [0.717, 1.165) is 13.0 Å². The molecule has 1 aliphatic heterocycles. The molecule has 1 amide bonds. The van der Waals surface area contributed by atoms with E-state index >= 15 is 0 Å². The molecule has 0 saturated carbocycles. The molecule has 1 heterocycles. The van der Waals surface area contributed by atoms with Crippen molar-refractivity contribution >= 4 is 5.91 Å². The number of amides is 1. The second-order valence-electron chi connectivity index (χ2n) is 5.48. The molecular formula is C13H27N3O. The summed E-state index contributed by atoms with van der Waals surface area (Å²) in [5.41, 5.74) is 0. The first-order valence-corrected chi connectivity index (χ1v) is 6.62. The first-order valence-electron chi connectivity index (χ1n) is 6.62. The first-order chi connectivity index (χ1) is 8.00. The Balaban J connectivity index is 2.12. The number of hydrogen-bond acceptors (Lipinski definition) is 3. The van der Waals surface area contributed by atoms with E-state index in [9.17, 15) is 4.79 Å². The zero-order valence-corrected chi connectivity index (χ0v) is 11.7. The number of likely N-dealkylation sites (tertiary alicyclic amines) is 1. The molecule has 0 aromatic heterocycles. The van der Waals surface area contributed by atoms with Crippen molar-refractivity contribution in [2.24, 2.45) is 5.92 Å². The van der Waals surface area contributed by atoms with Gasteiger partial charge in [0.25, 0.3) is 0 Å². The molecule has 17 heavy (non-hydrogen) atoms. The third-order valence-electron chi connectivity index (χ3n) is 3.58. The number of hydrogen-bond donors (Lipinski definition) is 1. The summed E-state index contributed by atoms with van der Waals surface area (Å²) < 4.78 is 0. The minimum atomic E-state index is 0.225. The molecule has 4 nitrogen and oxygen atoms in total. The van der Waals surface area contributed by atoms with Gasteiger partial charge in [-0.15, -0.1) is 0 Å². The van der Waals surface area contributed by atoms with Gasteiger partial charge in [-0.2, -0.15) is 0 Å². The van der Waals surface area contributed by atoms with Crippen LogP contribution in [0.4, 0.5) is 0 Å². The Morgan fingerprint density at radius 1 is 1.47 bits per heavy atom. The smallest absolute Gasteiger partial charge is 0.222 e. The van der Waals surface area contributed by atoms with Gasteiger partial charge in [0.15, 0.2) is 0 Å². The lowest BCUT2D eigenvalue weighted by Crippen LogP contribution is -2.47. The highest BCUT2D eigenvalue weighted by molar-refractivity contribution is 5.75. The molecule has 0 aromatic carbocycles. The van der Waals surface area contributed by atoms with Gasteiger partial charge in [0, 0.05) is 33.1 Å². The third-order valence-corrected chi connectivity index (χ3v) is 3.58. The Morgan fingerprint density at radius 2 is 2.18 bits per heavy atom. The highest BCUT2D eigenvalue weighted by atomic mass is 16.2. The van der Waals surface area contributed by atoms with Crippen molar-refractivity contribution < 1.29 is 4.79 Å². The minimum Gasteiger partial charge on any atom is -0.349 e. The molecule has 100 valence electrons. The Labute approximate surface area is 105 Å². The van der Waals surface area contributed by atoms with Crippen LogP contribution >= 0.6 is 0 Å².